The van der Waals surface area contributed by atoms with Gasteiger partial charge in [0.25, 0.3) is 11.8 Å². The van der Waals surface area contributed by atoms with E-state index in [1.54, 1.807) is 0 Å². The summed E-state index contributed by atoms with van der Waals surface area (Å²) in [4.78, 5) is 39.2. The van der Waals surface area contributed by atoms with Gasteiger partial charge in [0, 0.05) is 43.4 Å². The number of amides is 2. The lowest BCUT2D eigenvalue weighted by Crippen LogP contribution is -2.39. The molecule has 34 heavy (non-hydrogen) atoms. The van der Waals surface area contributed by atoms with E-state index in [0.717, 1.165) is 42.8 Å². The molecule has 2 aliphatic heterocycles. The lowest BCUT2D eigenvalue weighted by molar-refractivity contribution is 0.0701. The van der Waals surface area contributed by atoms with Gasteiger partial charge in [-0.25, -0.2) is 4.98 Å². The number of hydrogen-bond acceptors (Lipinski definition) is 5. The second-order valence-electron chi connectivity index (χ2n) is 8.86. The first-order chi connectivity index (χ1) is 16.6. The van der Waals surface area contributed by atoms with Gasteiger partial charge in [0.15, 0.2) is 17.8 Å². The zero-order valence-corrected chi connectivity index (χ0v) is 19.3. The second-order valence-corrected chi connectivity index (χ2v) is 8.86. The van der Waals surface area contributed by atoms with E-state index in [4.69, 9.17) is 9.40 Å². The van der Waals surface area contributed by atoms with Crippen molar-refractivity contribution in [3.8, 4) is 11.3 Å². The van der Waals surface area contributed by atoms with Crippen molar-refractivity contribution in [2.24, 2.45) is 0 Å². The van der Waals surface area contributed by atoms with E-state index in [2.05, 4.69) is 11.1 Å². The van der Waals surface area contributed by atoms with Crippen molar-refractivity contribution in [1.82, 2.24) is 19.8 Å². The minimum Gasteiger partial charge on any atom is -0.443 e. The molecule has 2 aromatic heterocycles. The van der Waals surface area contributed by atoms with Crippen LogP contribution in [0.5, 0.6) is 0 Å². The minimum absolute atomic E-state index is 0.0421. The molecule has 0 unspecified atom stereocenters. The monoisotopic (exact) mass is 456 g/mol. The summed E-state index contributed by atoms with van der Waals surface area (Å²) in [7, 11) is 0. The maximum Gasteiger partial charge on any atom is 0.276 e. The van der Waals surface area contributed by atoms with Crippen molar-refractivity contribution in [3.63, 3.8) is 0 Å². The minimum atomic E-state index is -0.125. The molecule has 7 heteroatoms. The number of nitrogens with zero attached hydrogens (tertiary/aromatic N) is 4. The molecule has 5 rings (SSSR count). The van der Waals surface area contributed by atoms with Crippen LogP contribution in [0.25, 0.3) is 11.3 Å². The molecule has 7 nitrogen and oxygen atoms in total. The van der Waals surface area contributed by atoms with Crippen LogP contribution in [0, 0.1) is 6.92 Å². The molecular formula is C27H28N4O3. The summed E-state index contributed by atoms with van der Waals surface area (Å²) in [6, 6.07) is 13.4. The van der Waals surface area contributed by atoms with Crippen molar-refractivity contribution in [2.75, 3.05) is 26.2 Å². The van der Waals surface area contributed by atoms with Gasteiger partial charge in [-0.15, -0.1) is 0 Å². The smallest absolute Gasteiger partial charge is 0.276 e. The maximum absolute atomic E-state index is 13.3. The Morgan fingerprint density at radius 2 is 1.74 bits per heavy atom. The van der Waals surface area contributed by atoms with Gasteiger partial charge in [0.05, 0.1) is 11.3 Å². The highest BCUT2D eigenvalue weighted by Crippen LogP contribution is 2.32. The molecule has 2 amide bonds. The van der Waals surface area contributed by atoms with Crippen molar-refractivity contribution in [1.29, 1.82) is 0 Å². The van der Waals surface area contributed by atoms with E-state index in [1.807, 2.05) is 65.3 Å². The molecule has 0 aliphatic carbocycles. The van der Waals surface area contributed by atoms with Gasteiger partial charge in [-0.05, 0) is 38.3 Å². The number of aryl methyl sites for hydroxylation is 1. The fraction of sp³-hybridized carbons (Fsp3) is 0.333. The quantitative estimate of drug-likeness (QED) is 0.542. The van der Waals surface area contributed by atoms with Gasteiger partial charge in [-0.2, -0.15) is 0 Å². The van der Waals surface area contributed by atoms with Crippen LogP contribution in [0.1, 0.15) is 57.4 Å². The predicted octanol–water partition coefficient (Wildman–Crippen LogP) is 4.47. The average molecular weight is 457 g/mol. The average Bonchev–Trinajstić information content (AvgIpc) is 3.39. The number of likely N-dealkylation sites (tertiary alicyclic amines) is 1. The van der Waals surface area contributed by atoms with Crippen LogP contribution in [0.2, 0.25) is 0 Å². The first kappa shape index (κ1) is 22.1. The molecule has 0 bridgehead atoms. The summed E-state index contributed by atoms with van der Waals surface area (Å²) in [6.07, 6.45) is 7.87. The summed E-state index contributed by atoms with van der Waals surface area (Å²) in [5.41, 5.74) is 3.62. The molecule has 0 N–H and O–H groups in total. The molecule has 1 fully saturated rings. The summed E-state index contributed by atoms with van der Waals surface area (Å²) >= 11 is 0. The van der Waals surface area contributed by atoms with Gasteiger partial charge in [0.1, 0.15) is 0 Å². The van der Waals surface area contributed by atoms with E-state index >= 15 is 0 Å². The van der Waals surface area contributed by atoms with Crippen LogP contribution in [0.3, 0.4) is 0 Å². The lowest BCUT2D eigenvalue weighted by Gasteiger charge is -2.33. The van der Waals surface area contributed by atoms with Crippen molar-refractivity contribution >= 4 is 11.8 Å². The normalized spacial score (nSPS) is 16.6. The van der Waals surface area contributed by atoms with Gasteiger partial charge in [-0.3, -0.25) is 14.6 Å². The van der Waals surface area contributed by atoms with Crippen LogP contribution in [0.15, 0.2) is 65.4 Å². The zero-order valence-electron chi connectivity index (χ0n) is 19.3. The van der Waals surface area contributed by atoms with E-state index in [1.165, 1.54) is 6.39 Å². The number of carbonyl (C=O) groups excluding carboxylic acids is 2. The third kappa shape index (κ3) is 4.38. The Hall–Kier alpha value is -3.74. The predicted molar refractivity (Wildman–Crippen MR) is 128 cm³/mol. The molecule has 4 heterocycles. The number of pyridine rings is 1. The van der Waals surface area contributed by atoms with E-state index in [-0.39, 0.29) is 17.7 Å². The summed E-state index contributed by atoms with van der Waals surface area (Å²) in [6.45, 7) is 4.49. The van der Waals surface area contributed by atoms with Crippen molar-refractivity contribution in [3.05, 3.63) is 83.7 Å². The number of hydrogen-bond donors (Lipinski definition) is 0. The second kappa shape index (κ2) is 9.63. The van der Waals surface area contributed by atoms with Gasteiger partial charge in [-0.1, -0.05) is 42.5 Å². The molecule has 3 aromatic rings. The molecule has 1 aromatic carbocycles. The first-order valence-electron chi connectivity index (χ1n) is 11.8. The molecule has 0 atom stereocenters. The Labute approximate surface area is 199 Å². The fourth-order valence-corrected chi connectivity index (χ4v) is 4.76. The third-order valence-corrected chi connectivity index (χ3v) is 6.61. The number of carbonyl (C=O) groups is 2. The lowest BCUT2D eigenvalue weighted by atomic mass is 9.89. The molecule has 0 radical (unpaired) electrons. The van der Waals surface area contributed by atoms with E-state index < -0.39 is 0 Å². The number of benzene rings is 1. The number of aromatic nitrogens is 2. The Bertz CT molecular complexity index is 1210. The number of oxazole rings is 1. The summed E-state index contributed by atoms with van der Waals surface area (Å²) in [5, 5.41) is 0. The zero-order chi connectivity index (χ0) is 23.5. The van der Waals surface area contributed by atoms with Gasteiger partial charge >= 0.3 is 0 Å². The first-order valence-corrected chi connectivity index (χ1v) is 11.8. The Morgan fingerprint density at radius 1 is 0.941 bits per heavy atom. The standard InChI is InChI=1S/C27H28N4O3/c1-19-10-11-22(26(32)30-14-6-3-7-15-30)23(29-19)20-12-16-31(17-13-20)27(33)24-25(34-18-28-24)21-8-4-2-5-9-21/h2-6,8-11,18,20H,7,12-17H2,1H3. The highest BCUT2D eigenvalue weighted by molar-refractivity contribution is 5.98. The maximum atomic E-state index is 13.3. The SMILES string of the molecule is Cc1ccc(C(=O)N2CC=CCC2)c(C2CCN(C(=O)c3ncoc3-c3ccccc3)CC2)n1. The largest absolute Gasteiger partial charge is 0.443 e. The topological polar surface area (TPSA) is 79.5 Å². The highest BCUT2D eigenvalue weighted by atomic mass is 16.3. The summed E-state index contributed by atoms with van der Waals surface area (Å²) < 4.78 is 5.55. The fourth-order valence-electron chi connectivity index (χ4n) is 4.76. The van der Waals surface area contributed by atoms with Gasteiger partial charge in [0.2, 0.25) is 0 Å². The van der Waals surface area contributed by atoms with Gasteiger partial charge < -0.3 is 14.2 Å². The number of piperidine rings is 1. The number of rotatable bonds is 4. The molecule has 174 valence electrons. The molecule has 1 saturated heterocycles. The van der Waals surface area contributed by atoms with Crippen LogP contribution >= 0.6 is 0 Å². The highest BCUT2D eigenvalue weighted by Gasteiger charge is 2.31. The Kier molecular flexibility index (Phi) is 6.25. The van der Waals surface area contributed by atoms with Crippen molar-refractivity contribution < 1.29 is 14.0 Å². The van der Waals surface area contributed by atoms with Crippen LogP contribution in [-0.4, -0.2) is 57.8 Å². The molecular weight excluding hydrogens is 428 g/mol. The van der Waals surface area contributed by atoms with E-state index in [0.29, 0.717) is 36.7 Å². The van der Waals surface area contributed by atoms with Crippen LogP contribution in [0.4, 0.5) is 0 Å². The van der Waals surface area contributed by atoms with Crippen LogP contribution in [-0.2, 0) is 0 Å². The van der Waals surface area contributed by atoms with Crippen LogP contribution < -0.4 is 0 Å². The van der Waals surface area contributed by atoms with E-state index in [9.17, 15) is 9.59 Å². The third-order valence-electron chi connectivity index (χ3n) is 6.61. The van der Waals surface area contributed by atoms with Crippen molar-refractivity contribution in [2.45, 2.75) is 32.1 Å². The Morgan fingerprint density at radius 3 is 2.47 bits per heavy atom. The molecule has 2 aliphatic rings. The molecule has 0 spiro atoms. The molecule has 0 saturated carbocycles. The summed E-state index contributed by atoms with van der Waals surface area (Å²) in [5.74, 6) is 0.547. The Balaban J connectivity index is 1.31.